The zero-order valence-electron chi connectivity index (χ0n) is 8.50. The summed E-state index contributed by atoms with van der Waals surface area (Å²) in [5.41, 5.74) is 0.798. The Labute approximate surface area is 97.6 Å². The lowest BCUT2D eigenvalue weighted by Crippen LogP contribution is -2.22. The van der Waals surface area contributed by atoms with Gasteiger partial charge in [-0.2, -0.15) is 0 Å². The molecule has 0 fully saturated rings. The Morgan fingerprint density at radius 2 is 1.81 bits per heavy atom. The van der Waals surface area contributed by atoms with Gasteiger partial charge in [0, 0.05) is 19.4 Å². The molecule has 0 atom stereocenters. The summed E-state index contributed by atoms with van der Waals surface area (Å²) in [6, 6.07) is 5.82. The van der Waals surface area contributed by atoms with Crippen molar-refractivity contribution in [3.8, 4) is 0 Å². The first-order chi connectivity index (χ1) is 7.58. The molecule has 0 saturated carbocycles. The van der Waals surface area contributed by atoms with Gasteiger partial charge in [-0.25, -0.2) is 4.39 Å². The summed E-state index contributed by atoms with van der Waals surface area (Å²) < 4.78 is 12.6. The van der Waals surface area contributed by atoms with Crippen molar-refractivity contribution in [3.63, 3.8) is 0 Å². The Morgan fingerprint density at radius 1 is 1.19 bits per heavy atom. The third-order valence-electron chi connectivity index (χ3n) is 1.95. The first kappa shape index (κ1) is 12.6. The van der Waals surface area contributed by atoms with Crippen LogP contribution in [0.3, 0.4) is 0 Å². The van der Waals surface area contributed by atoms with Crippen molar-refractivity contribution in [2.75, 3.05) is 0 Å². The molecule has 5 heteroatoms. The van der Waals surface area contributed by atoms with Crippen molar-refractivity contribution in [1.82, 2.24) is 5.32 Å². The van der Waals surface area contributed by atoms with E-state index >= 15 is 0 Å². The predicted molar refractivity (Wildman–Crippen MR) is 58.3 cm³/mol. The molecular formula is C11H11ClFNO2. The van der Waals surface area contributed by atoms with Gasteiger partial charge in [-0.05, 0) is 29.3 Å². The highest BCUT2D eigenvalue weighted by atomic mass is 35.5. The Bertz CT molecular complexity index is 378. The summed E-state index contributed by atoms with van der Waals surface area (Å²) in [6.07, 6.45) is 0.0976. The summed E-state index contributed by atoms with van der Waals surface area (Å²) >= 11 is 5.10. The second-order valence-corrected chi connectivity index (χ2v) is 3.68. The van der Waals surface area contributed by atoms with Crippen molar-refractivity contribution in [1.29, 1.82) is 0 Å². The molecular weight excluding hydrogens is 233 g/mol. The van der Waals surface area contributed by atoms with Crippen molar-refractivity contribution < 1.29 is 14.0 Å². The van der Waals surface area contributed by atoms with Gasteiger partial charge in [0.05, 0.1) is 0 Å². The number of amides is 1. The van der Waals surface area contributed by atoms with Gasteiger partial charge in [-0.15, -0.1) is 0 Å². The molecule has 0 saturated heterocycles. The van der Waals surface area contributed by atoms with E-state index in [4.69, 9.17) is 11.6 Å². The van der Waals surface area contributed by atoms with Gasteiger partial charge in [0.2, 0.25) is 11.1 Å². The molecule has 3 nitrogen and oxygen atoms in total. The molecule has 0 heterocycles. The Hall–Kier alpha value is -1.42. The summed E-state index contributed by atoms with van der Waals surface area (Å²) in [5.74, 6) is -0.568. The molecule has 1 N–H and O–H groups in total. The van der Waals surface area contributed by atoms with Gasteiger partial charge in [0.15, 0.2) is 0 Å². The molecule has 16 heavy (non-hydrogen) atoms. The smallest absolute Gasteiger partial charge is 0.222 e. The number of halogens is 2. The van der Waals surface area contributed by atoms with Crippen LogP contribution in [0, 0.1) is 5.82 Å². The normalized spacial score (nSPS) is 9.88. The minimum absolute atomic E-state index is 0.0246. The number of nitrogens with one attached hydrogen (secondary N) is 1. The molecule has 1 amide bonds. The van der Waals surface area contributed by atoms with Crippen LogP contribution in [0.2, 0.25) is 0 Å². The van der Waals surface area contributed by atoms with E-state index in [0.717, 1.165) is 5.56 Å². The predicted octanol–water partition coefficient (Wildman–Crippen LogP) is 1.99. The third kappa shape index (κ3) is 4.89. The molecule has 0 aliphatic heterocycles. The van der Waals surface area contributed by atoms with Crippen molar-refractivity contribution >= 4 is 22.8 Å². The molecule has 0 bridgehead atoms. The van der Waals surface area contributed by atoms with E-state index in [1.54, 1.807) is 12.1 Å². The third-order valence-corrected chi connectivity index (χ3v) is 2.14. The molecule has 0 spiro atoms. The quantitative estimate of drug-likeness (QED) is 0.804. The van der Waals surface area contributed by atoms with E-state index in [-0.39, 0.29) is 24.6 Å². The van der Waals surface area contributed by atoms with Crippen LogP contribution in [0.25, 0.3) is 0 Å². The first-order valence-electron chi connectivity index (χ1n) is 4.77. The van der Waals surface area contributed by atoms with Crippen molar-refractivity contribution in [2.24, 2.45) is 0 Å². The molecule has 0 aliphatic rings. The lowest BCUT2D eigenvalue weighted by molar-refractivity contribution is -0.123. The fraction of sp³-hybridized carbons (Fsp3) is 0.273. The molecule has 0 aromatic heterocycles. The van der Waals surface area contributed by atoms with E-state index in [1.165, 1.54) is 12.1 Å². The van der Waals surface area contributed by atoms with E-state index in [0.29, 0.717) is 6.54 Å². The standard InChI is InChI=1S/C11H11ClFNO2/c12-10(15)5-6-11(16)14-7-8-1-3-9(13)4-2-8/h1-4H,5-7H2,(H,14,16). The number of carbonyl (C=O) groups excluding carboxylic acids is 2. The van der Waals surface area contributed by atoms with Gasteiger partial charge >= 0.3 is 0 Å². The van der Waals surface area contributed by atoms with Gasteiger partial charge in [0.1, 0.15) is 5.82 Å². The molecule has 1 aromatic rings. The maximum Gasteiger partial charge on any atom is 0.222 e. The first-order valence-corrected chi connectivity index (χ1v) is 5.15. The lowest BCUT2D eigenvalue weighted by atomic mass is 10.2. The summed E-state index contributed by atoms with van der Waals surface area (Å²) in [7, 11) is 0. The van der Waals surface area contributed by atoms with Crippen molar-refractivity contribution in [3.05, 3.63) is 35.6 Å². The maximum atomic E-state index is 12.6. The summed E-state index contributed by atoms with van der Waals surface area (Å²) in [4.78, 5) is 21.6. The minimum atomic E-state index is -0.531. The van der Waals surface area contributed by atoms with Crippen LogP contribution in [0.4, 0.5) is 4.39 Å². The molecule has 1 aromatic carbocycles. The molecule has 0 unspecified atom stereocenters. The van der Waals surface area contributed by atoms with Crippen LogP contribution in [-0.2, 0) is 16.1 Å². The molecule has 86 valence electrons. The number of carbonyl (C=O) groups is 2. The molecule has 0 aliphatic carbocycles. The highest BCUT2D eigenvalue weighted by molar-refractivity contribution is 6.63. The highest BCUT2D eigenvalue weighted by Gasteiger charge is 2.04. The largest absolute Gasteiger partial charge is 0.352 e. The second-order valence-electron chi connectivity index (χ2n) is 3.26. The maximum absolute atomic E-state index is 12.6. The zero-order chi connectivity index (χ0) is 12.0. The average Bonchev–Trinajstić information content (AvgIpc) is 2.25. The van der Waals surface area contributed by atoms with E-state index in [9.17, 15) is 14.0 Å². The van der Waals surface area contributed by atoms with Crippen LogP contribution < -0.4 is 5.32 Å². The minimum Gasteiger partial charge on any atom is -0.352 e. The van der Waals surface area contributed by atoms with Crippen molar-refractivity contribution in [2.45, 2.75) is 19.4 Å². The second kappa shape index (κ2) is 6.23. The van der Waals surface area contributed by atoms with E-state index < -0.39 is 5.24 Å². The molecule has 1 rings (SSSR count). The van der Waals surface area contributed by atoms with Crippen LogP contribution in [0.5, 0.6) is 0 Å². The average molecular weight is 244 g/mol. The Morgan fingerprint density at radius 3 is 2.38 bits per heavy atom. The molecule has 0 radical (unpaired) electrons. The Balaban J connectivity index is 2.31. The topological polar surface area (TPSA) is 46.2 Å². The number of hydrogen-bond acceptors (Lipinski definition) is 2. The number of rotatable bonds is 5. The SMILES string of the molecule is O=C(Cl)CCC(=O)NCc1ccc(F)cc1. The van der Waals surface area contributed by atoms with Gasteiger partial charge in [0.25, 0.3) is 0 Å². The number of benzene rings is 1. The number of hydrogen-bond donors (Lipinski definition) is 1. The fourth-order valence-corrected chi connectivity index (χ4v) is 1.20. The van der Waals surface area contributed by atoms with Gasteiger partial charge in [-0.3, -0.25) is 9.59 Å². The highest BCUT2D eigenvalue weighted by Crippen LogP contribution is 2.02. The van der Waals surface area contributed by atoms with Crippen LogP contribution >= 0.6 is 11.6 Å². The monoisotopic (exact) mass is 243 g/mol. The van der Waals surface area contributed by atoms with Crippen LogP contribution in [0.1, 0.15) is 18.4 Å². The van der Waals surface area contributed by atoms with Crippen LogP contribution in [0.15, 0.2) is 24.3 Å². The lowest BCUT2D eigenvalue weighted by Gasteiger charge is -2.04. The zero-order valence-corrected chi connectivity index (χ0v) is 9.26. The summed E-state index contributed by atoms with van der Waals surface area (Å²) in [5, 5.41) is 2.07. The Kier molecular flexibility index (Phi) is 4.92. The van der Waals surface area contributed by atoms with E-state index in [2.05, 4.69) is 5.32 Å². The van der Waals surface area contributed by atoms with Gasteiger partial charge < -0.3 is 5.32 Å². The van der Waals surface area contributed by atoms with Gasteiger partial charge in [-0.1, -0.05) is 12.1 Å². The van der Waals surface area contributed by atoms with E-state index in [1.807, 2.05) is 0 Å². The van der Waals surface area contributed by atoms with Crippen LogP contribution in [-0.4, -0.2) is 11.1 Å². The fourth-order valence-electron chi connectivity index (χ4n) is 1.10. The summed E-state index contributed by atoms with van der Waals surface area (Å²) in [6.45, 7) is 0.315.